The van der Waals surface area contributed by atoms with Crippen molar-refractivity contribution >= 4 is 11.8 Å². The summed E-state index contributed by atoms with van der Waals surface area (Å²) in [7, 11) is 0. The first kappa shape index (κ1) is 24.3. The van der Waals surface area contributed by atoms with Crippen LogP contribution in [-0.4, -0.2) is 56.1 Å². The molecular formula is C24H22F3N5O3. The van der Waals surface area contributed by atoms with Gasteiger partial charge in [0, 0.05) is 49.2 Å². The summed E-state index contributed by atoms with van der Waals surface area (Å²) in [4.78, 5) is 38.9. The number of halogens is 3. The maximum absolute atomic E-state index is 12.7. The van der Waals surface area contributed by atoms with Gasteiger partial charge in [-0.15, -0.1) is 0 Å². The molecule has 35 heavy (non-hydrogen) atoms. The van der Waals surface area contributed by atoms with E-state index in [1.807, 2.05) is 17.4 Å². The first-order chi connectivity index (χ1) is 16.7. The summed E-state index contributed by atoms with van der Waals surface area (Å²) in [6.07, 6.45) is 0.348. The second-order valence-electron chi connectivity index (χ2n) is 8.11. The van der Waals surface area contributed by atoms with Crippen molar-refractivity contribution in [1.82, 2.24) is 25.2 Å². The van der Waals surface area contributed by atoms with Gasteiger partial charge in [0.2, 0.25) is 5.91 Å². The number of rotatable bonds is 6. The van der Waals surface area contributed by atoms with E-state index in [0.29, 0.717) is 22.4 Å². The molecule has 0 radical (unpaired) electrons. The minimum atomic E-state index is -4.57. The van der Waals surface area contributed by atoms with Gasteiger partial charge < -0.3 is 15.3 Å². The first-order valence-corrected chi connectivity index (χ1v) is 10.8. The van der Waals surface area contributed by atoms with Crippen LogP contribution in [0.2, 0.25) is 0 Å². The van der Waals surface area contributed by atoms with Crippen molar-refractivity contribution in [3.63, 3.8) is 0 Å². The number of nitrogens with one attached hydrogen (secondary N) is 1. The smallest absolute Gasteiger partial charge is 0.396 e. The molecule has 0 bridgehead atoms. The van der Waals surface area contributed by atoms with E-state index in [1.54, 1.807) is 29.4 Å². The Hall–Kier alpha value is -3.86. The zero-order chi connectivity index (χ0) is 25.2. The normalized spacial score (nSPS) is 15.1. The van der Waals surface area contributed by atoms with Crippen molar-refractivity contribution in [2.24, 2.45) is 0 Å². The molecule has 0 fully saturated rings. The Bertz CT molecular complexity index is 1250. The number of aromatic nitrogens is 3. The van der Waals surface area contributed by atoms with Crippen molar-refractivity contribution in [1.29, 1.82) is 0 Å². The maximum Gasteiger partial charge on any atom is 0.405 e. The van der Waals surface area contributed by atoms with E-state index >= 15 is 0 Å². The second kappa shape index (κ2) is 9.79. The fraction of sp³-hybridized carbons (Fsp3) is 0.292. The Balaban J connectivity index is 1.85. The number of pyridine rings is 1. The van der Waals surface area contributed by atoms with Crippen LogP contribution in [-0.2, 0) is 11.3 Å². The molecule has 0 saturated heterocycles. The number of amides is 2. The minimum absolute atomic E-state index is 0.149. The molecule has 1 atom stereocenters. The lowest BCUT2D eigenvalue weighted by Crippen LogP contribution is -2.34. The van der Waals surface area contributed by atoms with Crippen LogP contribution in [0, 0.1) is 0 Å². The molecule has 1 aliphatic heterocycles. The first-order valence-electron chi connectivity index (χ1n) is 10.8. The third-order valence-electron chi connectivity index (χ3n) is 5.71. The van der Waals surface area contributed by atoms with Gasteiger partial charge in [-0.25, -0.2) is 15.0 Å². The topological polar surface area (TPSA) is 108 Å². The highest BCUT2D eigenvalue weighted by Gasteiger charge is 2.36. The molecule has 2 N–H and O–H groups in total. The SMILES string of the molecule is CC(=O)N1Cc2cc(C(=O)NCC(F)(F)F)nc(-c3cccc(-c4cncnc4)c3)c2[C@H]1CCO. The van der Waals surface area contributed by atoms with Crippen LogP contribution < -0.4 is 5.32 Å². The van der Waals surface area contributed by atoms with E-state index in [0.717, 1.165) is 11.1 Å². The van der Waals surface area contributed by atoms with Gasteiger partial charge in [0.15, 0.2) is 0 Å². The van der Waals surface area contributed by atoms with Gasteiger partial charge in [0.1, 0.15) is 18.6 Å². The van der Waals surface area contributed by atoms with Gasteiger partial charge in [0.05, 0.1) is 11.7 Å². The van der Waals surface area contributed by atoms with Crippen LogP contribution >= 0.6 is 0 Å². The number of carbonyl (C=O) groups excluding carboxylic acids is 2. The number of hydrogen-bond donors (Lipinski definition) is 2. The van der Waals surface area contributed by atoms with Crippen molar-refractivity contribution in [2.45, 2.75) is 32.1 Å². The Morgan fingerprint density at radius 2 is 1.86 bits per heavy atom. The number of alkyl halides is 3. The Kier molecular flexibility index (Phi) is 6.79. The largest absolute Gasteiger partial charge is 0.405 e. The van der Waals surface area contributed by atoms with E-state index in [9.17, 15) is 27.9 Å². The highest BCUT2D eigenvalue weighted by Crippen LogP contribution is 2.42. The van der Waals surface area contributed by atoms with Gasteiger partial charge >= 0.3 is 6.18 Å². The summed E-state index contributed by atoms with van der Waals surface area (Å²) in [5.74, 6) is -1.21. The summed E-state index contributed by atoms with van der Waals surface area (Å²) in [5, 5.41) is 11.5. The molecule has 182 valence electrons. The average Bonchev–Trinajstić information content (AvgIpc) is 3.21. The van der Waals surface area contributed by atoms with Gasteiger partial charge in [-0.2, -0.15) is 13.2 Å². The summed E-state index contributed by atoms with van der Waals surface area (Å²) in [6.45, 7) is -0.133. The Labute approximate surface area is 198 Å². The number of hydrogen-bond acceptors (Lipinski definition) is 6. The van der Waals surface area contributed by atoms with Crippen molar-refractivity contribution < 1.29 is 27.9 Å². The van der Waals surface area contributed by atoms with Crippen LogP contribution in [0.4, 0.5) is 13.2 Å². The lowest BCUT2D eigenvalue weighted by molar-refractivity contribution is -0.131. The number of carbonyl (C=O) groups is 2. The van der Waals surface area contributed by atoms with Crippen LogP contribution in [0.5, 0.6) is 0 Å². The zero-order valence-corrected chi connectivity index (χ0v) is 18.7. The van der Waals surface area contributed by atoms with Crippen molar-refractivity contribution in [2.75, 3.05) is 13.2 Å². The van der Waals surface area contributed by atoms with Crippen LogP contribution in [0.25, 0.3) is 22.4 Å². The Morgan fingerprint density at radius 1 is 1.14 bits per heavy atom. The summed E-state index contributed by atoms with van der Waals surface area (Å²) < 4.78 is 38.0. The second-order valence-corrected chi connectivity index (χ2v) is 8.11. The lowest BCUT2D eigenvalue weighted by atomic mass is 9.94. The standard InChI is InChI=1S/C24H22F3N5O3/c1-14(34)32-11-17-8-19(23(35)30-12-24(25,26)27)31-22(21(17)20(32)5-6-33)16-4-2-3-15(7-16)18-9-28-13-29-10-18/h2-4,7-10,13,20,33H,5-6,11-12H2,1H3,(H,30,35)/t20-/m1/s1. The summed E-state index contributed by atoms with van der Waals surface area (Å²) >= 11 is 0. The number of benzene rings is 1. The molecule has 2 amide bonds. The van der Waals surface area contributed by atoms with E-state index < -0.39 is 24.7 Å². The highest BCUT2D eigenvalue weighted by molar-refractivity contribution is 5.94. The minimum Gasteiger partial charge on any atom is -0.396 e. The molecule has 3 heterocycles. The average molecular weight is 485 g/mol. The van der Waals surface area contributed by atoms with Crippen LogP contribution in [0.3, 0.4) is 0 Å². The van der Waals surface area contributed by atoms with Crippen molar-refractivity contribution in [3.8, 4) is 22.4 Å². The van der Waals surface area contributed by atoms with E-state index in [2.05, 4.69) is 15.0 Å². The predicted molar refractivity (Wildman–Crippen MR) is 120 cm³/mol. The van der Waals surface area contributed by atoms with Crippen LogP contribution in [0.15, 0.2) is 49.1 Å². The molecule has 4 rings (SSSR count). The molecule has 0 aliphatic carbocycles. The molecule has 3 aromatic rings. The van der Waals surface area contributed by atoms with Gasteiger partial charge in [-0.1, -0.05) is 18.2 Å². The molecule has 8 nitrogen and oxygen atoms in total. The molecule has 2 aromatic heterocycles. The monoisotopic (exact) mass is 485 g/mol. The van der Waals surface area contributed by atoms with Gasteiger partial charge in [-0.05, 0) is 29.7 Å². The number of fused-ring (bicyclic) bond motifs is 1. The van der Waals surface area contributed by atoms with E-state index in [4.69, 9.17) is 0 Å². The summed E-state index contributed by atoms with van der Waals surface area (Å²) in [5.41, 5.74) is 3.52. The quantitative estimate of drug-likeness (QED) is 0.555. The maximum atomic E-state index is 12.7. The van der Waals surface area contributed by atoms with Crippen molar-refractivity contribution in [3.05, 3.63) is 65.9 Å². The van der Waals surface area contributed by atoms with Gasteiger partial charge in [0.25, 0.3) is 5.91 Å². The fourth-order valence-electron chi connectivity index (χ4n) is 4.21. The number of aliphatic hydroxyl groups is 1. The molecule has 1 aliphatic rings. The molecule has 0 spiro atoms. The molecule has 0 saturated carbocycles. The zero-order valence-electron chi connectivity index (χ0n) is 18.7. The molecule has 11 heteroatoms. The Morgan fingerprint density at radius 3 is 2.51 bits per heavy atom. The highest BCUT2D eigenvalue weighted by atomic mass is 19.4. The lowest BCUT2D eigenvalue weighted by Gasteiger charge is -2.24. The van der Waals surface area contributed by atoms with Crippen LogP contribution in [0.1, 0.15) is 41.0 Å². The third-order valence-corrected chi connectivity index (χ3v) is 5.71. The van der Waals surface area contributed by atoms with E-state index in [1.165, 1.54) is 19.3 Å². The fourth-order valence-corrected chi connectivity index (χ4v) is 4.21. The molecule has 1 aromatic carbocycles. The number of aliphatic hydroxyl groups excluding tert-OH is 1. The third kappa shape index (κ3) is 5.29. The summed E-state index contributed by atoms with van der Waals surface area (Å²) in [6, 6.07) is 8.11. The van der Waals surface area contributed by atoms with Gasteiger partial charge in [-0.3, -0.25) is 9.59 Å². The predicted octanol–water partition coefficient (Wildman–Crippen LogP) is 3.28. The number of nitrogens with zero attached hydrogens (tertiary/aromatic N) is 4. The molecular weight excluding hydrogens is 463 g/mol. The van der Waals surface area contributed by atoms with E-state index in [-0.39, 0.29) is 31.2 Å². The molecule has 0 unspecified atom stereocenters.